The van der Waals surface area contributed by atoms with Gasteiger partial charge >= 0.3 is 5.97 Å². The third-order valence-electron chi connectivity index (χ3n) is 2.97. The molecule has 0 aliphatic carbocycles. The molecule has 6 heteroatoms. The summed E-state index contributed by atoms with van der Waals surface area (Å²) in [6, 6.07) is 1.79. The molecule has 1 aliphatic heterocycles. The fraction of sp³-hybridized carbons (Fsp3) is 0.583. The van der Waals surface area contributed by atoms with Crippen LogP contribution in [0.1, 0.15) is 13.3 Å². The van der Waals surface area contributed by atoms with Crippen molar-refractivity contribution in [2.24, 2.45) is 5.92 Å². The second-order valence-electron chi connectivity index (χ2n) is 4.10. The highest BCUT2D eigenvalue weighted by molar-refractivity contribution is 5.74. The number of aromatic nitrogens is 2. The summed E-state index contributed by atoms with van der Waals surface area (Å²) in [4.78, 5) is 21.7. The van der Waals surface area contributed by atoms with Gasteiger partial charge in [-0.1, -0.05) is 0 Å². The Labute approximate surface area is 106 Å². The van der Waals surface area contributed by atoms with Crippen molar-refractivity contribution in [3.8, 4) is 5.88 Å². The van der Waals surface area contributed by atoms with Crippen molar-refractivity contribution in [2.75, 3.05) is 31.7 Å². The zero-order valence-electron chi connectivity index (χ0n) is 10.6. The number of carbonyl (C=O) groups excluding carboxylic acids is 1. The summed E-state index contributed by atoms with van der Waals surface area (Å²) in [7, 11) is 1.42. The standard InChI is InChI=1S/C12H17N3O3/c1-3-18-11-6-10(13-8-14-11)15-5-4-9(7-15)12(16)17-2/h6,8-9H,3-5,7H2,1-2H3. The average Bonchev–Trinajstić information content (AvgIpc) is 2.88. The number of rotatable bonds is 4. The van der Waals surface area contributed by atoms with Crippen LogP contribution in [0.3, 0.4) is 0 Å². The topological polar surface area (TPSA) is 64.5 Å². The smallest absolute Gasteiger partial charge is 0.310 e. The van der Waals surface area contributed by atoms with E-state index in [1.807, 2.05) is 11.8 Å². The number of carbonyl (C=O) groups is 1. The molecule has 6 nitrogen and oxygen atoms in total. The highest BCUT2D eigenvalue weighted by Crippen LogP contribution is 2.24. The largest absolute Gasteiger partial charge is 0.478 e. The molecule has 2 rings (SSSR count). The summed E-state index contributed by atoms with van der Waals surface area (Å²) in [5.74, 6) is 1.13. The van der Waals surface area contributed by atoms with Crippen molar-refractivity contribution >= 4 is 11.8 Å². The van der Waals surface area contributed by atoms with Gasteiger partial charge in [0.2, 0.25) is 5.88 Å². The van der Waals surface area contributed by atoms with E-state index in [9.17, 15) is 4.79 Å². The summed E-state index contributed by atoms with van der Waals surface area (Å²) in [5.41, 5.74) is 0. The molecule has 0 spiro atoms. The van der Waals surface area contributed by atoms with E-state index in [4.69, 9.17) is 9.47 Å². The Morgan fingerprint density at radius 3 is 3.11 bits per heavy atom. The van der Waals surface area contributed by atoms with Crippen molar-refractivity contribution < 1.29 is 14.3 Å². The summed E-state index contributed by atoms with van der Waals surface area (Å²) in [5, 5.41) is 0. The normalized spacial score (nSPS) is 18.8. The molecule has 1 unspecified atom stereocenters. The molecule has 1 atom stereocenters. The van der Waals surface area contributed by atoms with E-state index < -0.39 is 0 Å². The van der Waals surface area contributed by atoms with Gasteiger partial charge in [-0.25, -0.2) is 9.97 Å². The number of nitrogens with zero attached hydrogens (tertiary/aromatic N) is 3. The Morgan fingerprint density at radius 2 is 2.39 bits per heavy atom. The van der Waals surface area contributed by atoms with Crippen molar-refractivity contribution in [3.05, 3.63) is 12.4 Å². The Balaban J connectivity index is 2.04. The van der Waals surface area contributed by atoms with Crippen LogP contribution in [0, 0.1) is 5.92 Å². The van der Waals surface area contributed by atoms with E-state index in [1.165, 1.54) is 13.4 Å². The summed E-state index contributed by atoms with van der Waals surface area (Å²) in [6.07, 6.45) is 2.27. The number of anilines is 1. The zero-order chi connectivity index (χ0) is 13.0. The van der Waals surface area contributed by atoms with Crippen LogP contribution in [-0.2, 0) is 9.53 Å². The quantitative estimate of drug-likeness (QED) is 0.740. The molecule has 0 bridgehead atoms. The summed E-state index contributed by atoms with van der Waals surface area (Å²) in [6.45, 7) is 3.91. The van der Waals surface area contributed by atoms with Gasteiger partial charge in [-0.05, 0) is 13.3 Å². The molecule has 1 fully saturated rings. The maximum Gasteiger partial charge on any atom is 0.310 e. The number of esters is 1. The van der Waals surface area contributed by atoms with Gasteiger partial charge in [0, 0.05) is 19.2 Å². The number of ether oxygens (including phenoxy) is 2. The van der Waals surface area contributed by atoms with Gasteiger partial charge in [0.25, 0.3) is 0 Å². The van der Waals surface area contributed by atoms with E-state index in [-0.39, 0.29) is 11.9 Å². The predicted octanol–water partition coefficient (Wildman–Crippen LogP) is 0.875. The molecule has 0 amide bonds. The molecule has 98 valence electrons. The lowest BCUT2D eigenvalue weighted by Gasteiger charge is -2.17. The Kier molecular flexibility index (Phi) is 3.96. The minimum atomic E-state index is -0.156. The van der Waals surface area contributed by atoms with Gasteiger partial charge in [-0.3, -0.25) is 4.79 Å². The molecule has 0 saturated carbocycles. The second kappa shape index (κ2) is 5.66. The van der Waals surface area contributed by atoms with Gasteiger partial charge in [0.1, 0.15) is 12.1 Å². The van der Waals surface area contributed by atoms with E-state index in [2.05, 4.69) is 9.97 Å². The number of methoxy groups -OCH3 is 1. The first-order valence-corrected chi connectivity index (χ1v) is 6.02. The first kappa shape index (κ1) is 12.6. The van der Waals surface area contributed by atoms with Crippen LogP contribution in [0.4, 0.5) is 5.82 Å². The van der Waals surface area contributed by atoms with E-state index in [0.717, 1.165) is 18.8 Å². The summed E-state index contributed by atoms with van der Waals surface area (Å²) < 4.78 is 10.1. The lowest BCUT2D eigenvalue weighted by atomic mass is 10.1. The molecular weight excluding hydrogens is 234 g/mol. The maximum absolute atomic E-state index is 11.5. The van der Waals surface area contributed by atoms with E-state index in [0.29, 0.717) is 19.0 Å². The van der Waals surface area contributed by atoms with Crippen LogP contribution >= 0.6 is 0 Å². The highest BCUT2D eigenvalue weighted by Gasteiger charge is 2.29. The molecule has 1 saturated heterocycles. The molecule has 0 N–H and O–H groups in total. The lowest BCUT2D eigenvalue weighted by molar-refractivity contribution is -0.144. The minimum Gasteiger partial charge on any atom is -0.478 e. The molecule has 0 radical (unpaired) electrons. The van der Waals surface area contributed by atoms with Crippen LogP contribution in [0.2, 0.25) is 0 Å². The fourth-order valence-corrected chi connectivity index (χ4v) is 2.06. The number of hydrogen-bond acceptors (Lipinski definition) is 6. The first-order valence-electron chi connectivity index (χ1n) is 6.02. The molecule has 0 aromatic carbocycles. The van der Waals surface area contributed by atoms with Crippen molar-refractivity contribution in [1.29, 1.82) is 0 Å². The molecular formula is C12H17N3O3. The van der Waals surface area contributed by atoms with E-state index >= 15 is 0 Å². The third-order valence-corrected chi connectivity index (χ3v) is 2.97. The van der Waals surface area contributed by atoms with Crippen LogP contribution in [0.5, 0.6) is 5.88 Å². The summed E-state index contributed by atoms with van der Waals surface area (Å²) >= 11 is 0. The SMILES string of the molecule is CCOc1cc(N2CCC(C(=O)OC)C2)ncn1. The van der Waals surface area contributed by atoms with Crippen LogP contribution in [-0.4, -0.2) is 42.7 Å². The third kappa shape index (κ3) is 2.69. The Morgan fingerprint density at radius 1 is 1.56 bits per heavy atom. The zero-order valence-corrected chi connectivity index (χ0v) is 10.6. The second-order valence-corrected chi connectivity index (χ2v) is 4.10. The average molecular weight is 251 g/mol. The Hall–Kier alpha value is -1.85. The highest BCUT2D eigenvalue weighted by atomic mass is 16.5. The van der Waals surface area contributed by atoms with Gasteiger partial charge in [0.15, 0.2) is 0 Å². The molecule has 18 heavy (non-hydrogen) atoms. The lowest BCUT2D eigenvalue weighted by Crippen LogP contribution is -2.24. The first-order chi connectivity index (χ1) is 8.74. The van der Waals surface area contributed by atoms with Gasteiger partial charge in [0.05, 0.1) is 19.6 Å². The molecule has 2 heterocycles. The van der Waals surface area contributed by atoms with Gasteiger partial charge in [-0.15, -0.1) is 0 Å². The van der Waals surface area contributed by atoms with Crippen molar-refractivity contribution in [3.63, 3.8) is 0 Å². The van der Waals surface area contributed by atoms with Gasteiger partial charge in [-0.2, -0.15) is 0 Å². The van der Waals surface area contributed by atoms with E-state index in [1.54, 1.807) is 6.07 Å². The fourth-order valence-electron chi connectivity index (χ4n) is 2.06. The minimum absolute atomic E-state index is 0.0690. The number of hydrogen-bond donors (Lipinski definition) is 0. The monoisotopic (exact) mass is 251 g/mol. The molecule has 1 aromatic rings. The van der Waals surface area contributed by atoms with Crippen LogP contribution in [0.15, 0.2) is 12.4 Å². The Bertz CT molecular complexity index is 425. The van der Waals surface area contributed by atoms with Crippen LogP contribution in [0.25, 0.3) is 0 Å². The van der Waals surface area contributed by atoms with Crippen molar-refractivity contribution in [1.82, 2.24) is 9.97 Å². The molecule has 1 aromatic heterocycles. The predicted molar refractivity (Wildman–Crippen MR) is 65.5 cm³/mol. The van der Waals surface area contributed by atoms with Gasteiger partial charge < -0.3 is 14.4 Å². The van der Waals surface area contributed by atoms with Crippen LogP contribution < -0.4 is 9.64 Å². The maximum atomic E-state index is 11.5. The molecule has 1 aliphatic rings. The van der Waals surface area contributed by atoms with Crippen molar-refractivity contribution in [2.45, 2.75) is 13.3 Å².